The number of benzene rings is 2. The zero-order valence-corrected chi connectivity index (χ0v) is 21.3. The van der Waals surface area contributed by atoms with E-state index in [4.69, 9.17) is 14.2 Å². The van der Waals surface area contributed by atoms with Crippen molar-refractivity contribution in [3.05, 3.63) is 101 Å². The number of fused-ring (bicyclic) bond motifs is 7. The van der Waals surface area contributed by atoms with Crippen LogP contribution in [0.25, 0.3) is 38.7 Å². The SMILES string of the molecule is COc1c2ccccc2c(OC)c2c(C=C(C#N)C#N)c3ccc4c(cc-3c12)C1C=CC=CC=C1[C@H]4OC. The van der Waals surface area contributed by atoms with Crippen molar-refractivity contribution in [3.63, 3.8) is 0 Å². The molecule has 5 nitrogen and oxygen atoms in total. The Bertz CT molecular complexity index is 1790. The Kier molecular flexibility index (Phi) is 5.72. The van der Waals surface area contributed by atoms with E-state index in [1.54, 1.807) is 27.4 Å². The minimum absolute atomic E-state index is 0.0183. The maximum Gasteiger partial charge on any atom is 0.135 e. The van der Waals surface area contributed by atoms with Gasteiger partial charge in [0.05, 0.1) is 14.2 Å². The summed E-state index contributed by atoms with van der Waals surface area (Å²) in [6.07, 6.45) is 12.0. The molecule has 0 saturated heterocycles. The quantitative estimate of drug-likeness (QED) is 0.276. The average molecular weight is 497 g/mol. The smallest absolute Gasteiger partial charge is 0.135 e. The fourth-order valence-corrected chi connectivity index (χ4v) is 6.05. The molecule has 0 amide bonds. The summed E-state index contributed by atoms with van der Waals surface area (Å²) in [6, 6.07) is 18.4. The fraction of sp³-hybridized carbons (Fsp3) is 0.152. The van der Waals surface area contributed by atoms with Gasteiger partial charge in [-0.05, 0) is 45.5 Å². The highest BCUT2D eigenvalue weighted by Gasteiger charge is 2.36. The highest BCUT2D eigenvalue weighted by Crippen LogP contribution is 2.55. The van der Waals surface area contributed by atoms with Crippen molar-refractivity contribution >= 4 is 27.6 Å². The maximum atomic E-state index is 9.64. The normalized spacial score (nSPS) is 17.3. The molecule has 2 aromatic carbocycles. The zero-order valence-electron chi connectivity index (χ0n) is 21.3. The van der Waals surface area contributed by atoms with Gasteiger partial charge in [-0.15, -0.1) is 0 Å². The molecule has 0 saturated carbocycles. The van der Waals surface area contributed by atoms with Crippen LogP contribution in [0.2, 0.25) is 0 Å². The molecule has 0 aliphatic heterocycles. The Labute approximate surface area is 221 Å². The largest absolute Gasteiger partial charge is 0.495 e. The molecule has 6 rings (SSSR count). The van der Waals surface area contributed by atoms with Gasteiger partial charge in [-0.3, -0.25) is 0 Å². The Morgan fingerprint density at radius 1 is 0.816 bits per heavy atom. The average Bonchev–Trinajstić information content (AvgIpc) is 3.16. The monoisotopic (exact) mass is 496 g/mol. The van der Waals surface area contributed by atoms with Gasteiger partial charge < -0.3 is 14.2 Å². The highest BCUT2D eigenvalue weighted by molar-refractivity contribution is 6.22. The van der Waals surface area contributed by atoms with E-state index in [2.05, 4.69) is 36.4 Å². The number of methoxy groups -OCH3 is 3. The number of ether oxygens (including phenoxy) is 3. The zero-order chi connectivity index (χ0) is 26.4. The van der Waals surface area contributed by atoms with Crippen molar-refractivity contribution in [3.8, 4) is 34.8 Å². The first kappa shape index (κ1) is 23.6. The summed E-state index contributed by atoms with van der Waals surface area (Å²) in [7, 11) is 5.06. The molecule has 184 valence electrons. The lowest BCUT2D eigenvalue weighted by Crippen LogP contribution is -2.00. The molecule has 2 atom stereocenters. The van der Waals surface area contributed by atoms with Crippen LogP contribution in [0.5, 0.6) is 11.5 Å². The summed E-state index contributed by atoms with van der Waals surface area (Å²) in [5.74, 6) is 1.47. The number of nitrogens with zero attached hydrogens (tertiary/aromatic N) is 2. The molecule has 0 radical (unpaired) electrons. The molecular weight excluding hydrogens is 472 g/mol. The van der Waals surface area contributed by atoms with Crippen LogP contribution >= 0.6 is 0 Å². The number of rotatable bonds is 4. The van der Waals surface area contributed by atoms with Crippen LogP contribution in [0.15, 0.2) is 84.0 Å². The summed E-state index contributed by atoms with van der Waals surface area (Å²) < 4.78 is 18.1. The van der Waals surface area contributed by atoms with Crippen LogP contribution in [0.3, 0.4) is 0 Å². The third-order valence-corrected chi connectivity index (χ3v) is 7.57. The van der Waals surface area contributed by atoms with Gasteiger partial charge in [0.1, 0.15) is 35.3 Å². The van der Waals surface area contributed by atoms with Crippen LogP contribution in [-0.2, 0) is 4.74 Å². The van der Waals surface area contributed by atoms with E-state index < -0.39 is 0 Å². The lowest BCUT2D eigenvalue weighted by molar-refractivity contribution is 0.136. The molecule has 0 aromatic heterocycles. The predicted molar refractivity (Wildman–Crippen MR) is 149 cm³/mol. The van der Waals surface area contributed by atoms with Crippen LogP contribution in [0.4, 0.5) is 0 Å². The van der Waals surface area contributed by atoms with Crippen molar-refractivity contribution in [1.82, 2.24) is 0 Å². The number of hydrogen-bond donors (Lipinski definition) is 0. The fourth-order valence-electron chi connectivity index (χ4n) is 6.05. The van der Waals surface area contributed by atoms with Gasteiger partial charge in [-0.2, -0.15) is 10.5 Å². The molecule has 0 N–H and O–H groups in total. The number of allylic oxidation sites excluding steroid dienone is 6. The molecule has 38 heavy (non-hydrogen) atoms. The van der Waals surface area contributed by atoms with E-state index in [-0.39, 0.29) is 17.6 Å². The van der Waals surface area contributed by atoms with Crippen molar-refractivity contribution in [2.45, 2.75) is 12.0 Å². The first-order chi connectivity index (χ1) is 18.7. The topological polar surface area (TPSA) is 75.3 Å². The van der Waals surface area contributed by atoms with Crippen LogP contribution < -0.4 is 9.47 Å². The summed E-state index contributed by atoms with van der Waals surface area (Å²) in [6.45, 7) is 0. The van der Waals surface area contributed by atoms with Gasteiger partial charge >= 0.3 is 0 Å². The second-order valence-corrected chi connectivity index (χ2v) is 9.30. The van der Waals surface area contributed by atoms with Gasteiger partial charge in [0.2, 0.25) is 0 Å². The van der Waals surface area contributed by atoms with E-state index in [1.165, 1.54) is 5.57 Å². The Morgan fingerprint density at radius 2 is 1.53 bits per heavy atom. The summed E-state index contributed by atoms with van der Waals surface area (Å²) >= 11 is 0. The minimum atomic E-state index is -0.171. The van der Waals surface area contributed by atoms with E-state index in [0.717, 1.165) is 55.1 Å². The van der Waals surface area contributed by atoms with Gasteiger partial charge in [-0.1, -0.05) is 66.8 Å². The van der Waals surface area contributed by atoms with E-state index in [0.29, 0.717) is 5.75 Å². The molecule has 0 heterocycles. The second-order valence-electron chi connectivity index (χ2n) is 9.30. The Hall–Kier alpha value is -4.84. The van der Waals surface area contributed by atoms with Crippen LogP contribution in [-0.4, -0.2) is 21.3 Å². The third-order valence-electron chi connectivity index (χ3n) is 7.57. The minimum Gasteiger partial charge on any atom is -0.495 e. The summed E-state index contributed by atoms with van der Waals surface area (Å²) in [5.41, 5.74) is 6.07. The third kappa shape index (κ3) is 3.27. The van der Waals surface area contributed by atoms with Gasteiger partial charge in [-0.25, -0.2) is 0 Å². The molecule has 1 unspecified atom stereocenters. The second kappa shape index (κ2) is 9.23. The molecule has 4 aliphatic carbocycles. The van der Waals surface area contributed by atoms with Crippen molar-refractivity contribution in [2.24, 2.45) is 0 Å². The standard InChI is InChI=1S/C33H24N2O3/c1-36-31-22-10-6-4-5-9-20(22)26-16-28-21(13-14-25(26)31)27(15-19(17-34)18-35)29-30(28)33(38-3)24-12-8-7-11-23(24)32(29)37-2/h4-16,20,31H,1-3H3/t20?,31-/m1/s1. The van der Waals surface area contributed by atoms with Crippen molar-refractivity contribution in [2.75, 3.05) is 21.3 Å². The van der Waals surface area contributed by atoms with E-state index in [1.807, 2.05) is 48.6 Å². The van der Waals surface area contributed by atoms with Gasteiger partial charge in [0.15, 0.2) is 0 Å². The molecule has 4 aliphatic rings. The van der Waals surface area contributed by atoms with Crippen LogP contribution in [0, 0.1) is 22.7 Å². The molecule has 2 aromatic rings. The van der Waals surface area contributed by atoms with Gasteiger partial charge in [0, 0.05) is 34.6 Å². The van der Waals surface area contributed by atoms with E-state index >= 15 is 0 Å². The Morgan fingerprint density at radius 3 is 2.18 bits per heavy atom. The van der Waals surface area contributed by atoms with Crippen molar-refractivity contribution in [1.29, 1.82) is 10.5 Å². The van der Waals surface area contributed by atoms with Crippen molar-refractivity contribution < 1.29 is 14.2 Å². The van der Waals surface area contributed by atoms with E-state index in [9.17, 15) is 10.5 Å². The molecule has 0 bridgehead atoms. The molecular formula is C33H24N2O3. The summed E-state index contributed by atoms with van der Waals surface area (Å²) in [4.78, 5) is 0. The molecule has 0 spiro atoms. The first-order valence-corrected chi connectivity index (χ1v) is 12.3. The number of hydrogen-bond acceptors (Lipinski definition) is 5. The number of nitriles is 2. The van der Waals surface area contributed by atoms with Crippen LogP contribution in [0.1, 0.15) is 28.7 Å². The highest BCUT2D eigenvalue weighted by atomic mass is 16.5. The van der Waals surface area contributed by atoms with Gasteiger partial charge in [0.25, 0.3) is 0 Å². The first-order valence-electron chi connectivity index (χ1n) is 12.3. The lowest BCUT2D eigenvalue weighted by Gasteiger charge is -2.14. The lowest BCUT2D eigenvalue weighted by atomic mass is 9.95. The molecule has 0 fully saturated rings. The predicted octanol–water partition coefficient (Wildman–Crippen LogP) is 7.38. The summed E-state index contributed by atoms with van der Waals surface area (Å²) in [5, 5.41) is 22.8. The maximum absolute atomic E-state index is 9.64. The Balaban J connectivity index is 1.84. The molecule has 5 heteroatoms.